The van der Waals surface area contributed by atoms with E-state index >= 15 is 0 Å². The number of fused-ring (bicyclic) bond motifs is 1. The molecule has 0 amide bonds. The molecule has 5 nitrogen and oxygen atoms in total. The maximum absolute atomic E-state index is 13.0. The summed E-state index contributed by atoms with van der Waals surface area (Å²) in [5.74, 6) is -1.15. The third-order valence-corrected chi connectivity index (χ3v) is 5.93. The fraction of sp³-hybridized carbons (Fsp3) is 0.381. The minimum atomic E-state index is -4.49. The zero-order chi connectivity index (χ0) is 21.4. The van der Waals surface area contributed by atoms with Crippen molar-refractivity contribution in [3.8, 4) is 18.2 Å². The first kappa shape index (κ1) is 20.5. The Balaban J connectivity index is 2.25. The van der Waals surface area contributed by atoms with Crippen LogP contribution in [0.15, 0.2) is 47.2 Å². The molecule has 8 heteroatoms. The van der Waals surface area contributed by atoms with Crippen LogP contribution in [0.25, 0.3) is 0 Å². The Morgan fingerprint density at radius 1 is 1.17 bits per heavy atom. The smallest absolute Gasteiger partial charge is 0.399 e. The molecule has 3 N–H and O–H groups in total. The molecule has 0 saturated carbocycles. The van der Waals surface area contributed by atoms with Crippen LogP contribution in [0.4, 0.5) is 13.2 Å². The molecule has 0 spiro atoms. The highest BCUT2D eigenvalue weighted by atomic mass is 19.4. The molecule has 3 rings (SSSR count). The maximum Gasteiger partial charge on any atom is 0.416 e. The quantitative estimate of drug-likeness (QED) is 0.796. The highest BCUT2D eigenvalue weighted by Gasteiger charge is 2.55. The minimum Gasteiger partial charge on any atom is -0.399 e. The van der Waals surface area contributed by atoms with Crippen LogP contribution < -0.4 is 10.6 Å². The fourth-order valence-electron chi connectivity index (χ4n) is 4.38. The molecule has 0 saturated heterocycles. The number of nitrogens with one attached hydrogen (secondary N) is 1. The van der Waals surface area contributed by atoms with Gasteiger partial charge < -0.3 is 10.6 Å². The lowest BCUT2D eigenvalue weighted by Gasteiger charge is -2.44. The number of hydrogen-bond donors (Lipinski definition) is 2. The van der Waals surface area contributed by atoms with Gasteiger partial charge in [-0.2, -0.15) is 29.0 Å². The van der Waals surface area contributed by atoms with E-state index < -0.39 is 23.1 Å². The van der Waals surface area contributed by atoms with E-state index in [-0.39, 0.29) is 17.2 Å². The average molecular weight is 398 g/mol. The lowest BCUT2D eigenvalue weighted by Crippen LogP contribution is -3.13. The van der Waals surface area contributed by atoms with Crippen molar-refractivity contribution in [3.63, 3.8) is 0 Å². The first-order valence-corrected chi connectivity index (χ1v) is 9.17. The molecule has 1 aromatic rings. The molecule has 0 aromatic heterocycles. The number of likely N-dealkylation sites (N-methyl/N-ethyl adjacent to an activating group) is 1. The van der Waals surface area contributed by atoms with Crippen LogP contribution in [0.2, 0.25) is 0 Å². The number of rotatable bonds is 2. The molecule has 1 aliphatic carbocycles. The van der Waals surface area contributed by atoms with Gasteiger partial charge in [-0.3, -0.25) is 0 Å². The van der Waals surface area contributed by atoms with Crippen molar-refractivity contribution in [1.82, 2.24) is 0 Å². The van der Waals surface area contributed by atoms with Crippen molar-refractivity contribution >= 4 is 0 Å². The van der Waals surface area contributed by atoms with Crippen molar-refractivity contribution in [2.45, 2.75) is 19.0 Å². The minimum absolute atomic E-state index is 0.127. The van der Waals surface area contributed by atoms with E-state index in [1.54, 1.807) is 0 Å². The molecule has 1 aliphatic heterocycles. The van der Waals surface area contributed by atoms with E-state index in [9.17, 15) is 29.0 Å². The molecule has 148 valence electrons. The van der Waals surface area contributed by atoms with Crippen LogP contribution in [0.5, 0.6) is 0 Å². The molecule has 3 unspecified atom stereocenters. The molecule has 2 aliphatic rings. The Labute approximate surface area is 166 Å². The number of allylic oxidation sites excluding steroid dienone is 2. The van der Waals surface area contributed by atoms with Gasteiger partial charge in [-0.05, 0) is 36.3 Å². The van der Waals surface area contributed by atoms with Crippen molar-refractivity contribution in [2.75, 3.05) is 19.6 Å². The fourth-order valence-corrected chi connectivity index (χ4v) is 4.38. The second kappa shape index (κ2) is 7.28. The molecule has 0 radical (unpaired) electrons. The van der Waals surface area contributed by atoms with E-state index in [1.165, 1.54) is 17.0 Å². The third kappa shape index (κ3) is 3.14. The predicted octanol–water partition coefficient (Wildman–Crippen LogP) is 2.03. The van der Waals surface area contributed by atoms with Gasteiger partial charge in [0.25, 0.3) is 0 Å². The summed E-state index contributed by atoms with van der Waals surface area (Å²) < 4.78 is 39.0. The SMILES string of the molecule is CC[NH+]1CC=C2C(C#N)=C(N)C(C#N)(C#N)C(c3ccc(C(F)(F)F)cc3)C2C1. The molecule has 1 heterocycles. The van der Waals surface area contributed by atoms with E-state index in [1.807, 2.05) is 31.2 Å². The summed E-state index contributed by atoms with van der Waals surface area (Å²) in [4.78, 5) is 1.19. The van der Waals surface area contributed by atoms with Crippen LogP contribution in [0.3, 0.4) is 0 Å². The van der Waals surface area contributed by atoms with Crippen molar-refractivity contribution in [3.05, 3.63) is 58.3 Å². The van der Waals surface area contributed by atoms with Gasteiger partial charge in [0.2, 0.25) is 0 Å². The number of nitrogens with two attached hydrogens (primary N) is 1. The molecule has 0 fully saturated rings. The standard InChI is InChI=1S/C21H18F3N5/c1-2-29-8-7-15-16(9-25)19(28)20(11-26,12-27)18(17(15)10-29)13-3-5-14(6-4-13)21(22,23)24/h3-7,17-18H,2,8,10,28H2,1H3/p+1. The van der Waals surface area contributed by atoms with E-state index in [0.717, 1.165) is 18.7 Å². The second-order valence-corrected chi connectivity index (χ2v) is 7.31. The lowest BCUT2D eigenvalue weighted by atomic mass is 9.58. The average Bonchev–Trinajstić information content (AvgIpc) is 2.72. The molecular formula is C21H19F3N5+. The lowest BCUT2D eigenvalue weighted by molar-refractivity contribution is -0.897. The Morgan fingerprint density at radius 3 is 2.28 bits per heavy atom. The number of hydrogen-bond acceptors (Lipinski definition) is 4. The summed E-state index contributed by atoms with van der Waals surface area (Å²) in [6.45, 7) is 4.03. The number of alkyl halides is 3. The van der Waals surface area contributed by atoms with Crippen molar-refractivity contribution < 1.29 is 18.1 Å². The number of nitriles is 3. The van der Waals surface area contributed by atoms with Gasteiger partial charge in [0.15, 0.2) is 5.41 Å². The summed E-state index contributed by atoms with van der Waals surface area (Å²) in [7, 11) is 0. The zero-order valence-corrected chi connectivity index (χ0v) is 15.7. The number of benzene rings is 1. The van der Waals surface area contributed by atoms with Crippen LogP contribution >= 0.6 is 0 Å². The number of nitrogens with zero attached hydrogens (tertiary/aromatic N) is 3. The molecule has 3 atom stereocenters. The Bertz CT molecular complexity index is 985. The van der Waals surface area contributed by atoms with E-state index in [2.05, 4.69) is 0 Å². The summed E-state index contributed by atoms with van der Waals surface area (Å²) in [5, 5.41) is 29.6. The highest BCUT2D eigenvalue weighted by molar-refractivity contribution is 5.59. The van der Waals surface area contributed by atoms with Crippen molar-refractivity contribution in [2.24, 2.45) is 17.1 Å². The predicted molar refractivity (Wildman–Crippen MR) is 97.5 cm³/mol. The van der Waals surface area contributed by atoms with E-state index in [4.69, 9.17) is 5.73 Å². The largest absolute Gasteiger partial charge is 0.416 e. The Hall–Kier alpha value is -3.28. The number of halogens is 3. The van der Waals surface area contributed by atoms with Gasteiger partial charge in [0, 0.05) is 11.8 Å². The highest BCUT2D eigenvalue weighted by Crippen LogP contribution is 2.53. The van der Waals surface area contributed by atoms with Gasteiger partial charge in [-0.25, -0.2) is 0 Å². The summed E-state index contributed by atoms with van der Waals surface area (Å²) in [6.07, 6.45) is -2.59. The molecule has 0 bridgehead atoms. The molecular weight excluding hydrogens is 379 g/mol. The van der Waals surface area contributed by atoms with Crippen LogP contribution in [-0.2, 0) is 6.18 Å². The van der Waals surface area contributed by atoms with Gasteiger partial charge in [-0.15, -0.1) is 0 Å². The first-order valence-electron chi connectivity index (χ1n) is 9.17. The molecule has 29 heavy (non-hydrogen) atoms. The van der Waals surface area contributed by atoms with Gasteiger partial charge in [-0.1, -0.05) is 12.1 Å². The summed E-state index contributed by atoms with van der Waals surface area (Å²) in [5.41, 5.74) is 4.65. The van der Waals surface area contributed by atoms with Crippen LogP contribution in [0.1, 0.15) is 24.0 Å². The summed E-state index contributed by atoms with van der Waals surface area (Å²) >= 11 is 0. The van der Waals surface area contributed by atoms with Gasteiger partial charge >= 0.3 is 6.18 Å². The van der Waals surface area contributed by atoms with Crippen molar-refractivity contribution in [1.29, 1.82) is 15.8 Å². The normalized spacial score (nSPS) is 25.8. The van der Waals surface area contributed by atoms with Crippen LogP contribution in [0, 0.1) is 45.3 Å². The van der Waals surface area contributed by atoms with Gasteiger partial charge in [0.1, 0.15) is 6.07 Å². The van der Waals surface area contributed by atoms with E-state index in [0.29, 0.717) is 24.2 Å². The molecule has 1 aromatic carbocycles. The third-order valence-electron chi connectivity index (χ3n) is 5.93. The zero-order valence-electron chi connectivity index (χ0n) is 15.7. The number of quaternary nitrogens is 1. The monoisotopic (exact) mass is 398 g/mol. The second-order valence-electron chi connectivity index (χ2n) is 7.31. The topological polar surface area (TPSA) is 102 Å². The first-order chi connectivity index (χ1) is 13.7. The summed E-state index contributed by atoms with van der Waals surface area (Å²) in [6, 6.07) is 10.5. The van der Waals surface area contributed by atoms with Gasteiger partial charge in [0.05, 0.1) is 48.6 Å². The Kier molecular flexibility index (Phi) is 5.13. The maximum atomic E-state index is 13.0. The van der Waals surface area contributed by atoms with Crippen LogP contribution in [-0.4, -0.2) is 19.6 Å². The Morgan fingerprint density at radius 2 is 1.79 bits per heavy atom.